The van der Waals surface area contributed by atoms with Crippen molar-refractivity contribution in [2.75, 3.05) is 11.9 Å². The molecule has 4 aliphatic carbocycles. The SMILES string of the molecule is CCCCc1ccc(NC(=O)NC(=O)C[C@@H]2CC(=O)[C@H](NC(=O)[C@H](CC)CC(C)C)[C@H](O)c3ccc(c(Cl)c3)Oc3cc4cc(c3O[C@@H]3O[C@H](CO)[C@@H](O)[C@H](O)[C@H]3O)Oc3ccc(cc3Cl)[C@@H](O)[C@@H]3NC(=O)[C@H](CC(=O)[C@@H]4NC2=O)c2ccc(O)c(c2)-c2c(O)cc(O)cc2[C@@H](C(=O)CC2C4CC5CC(C4)CC2C5)NC3=O)cc1. The summed E-state index contributed by atoms with van der Waals surface area (Å²) >= 11 is 14.3. The first-order valence-corrected chi connectivity index (χ1v) is 39.5. The predicted molar refractivity (Wildman–Crippen MR) is 412 cm³/mol. The summed E-state index contributed by atoms with van der Waals surface area (Å²) in [5, 5.41) is 120. The number of nitrogens with one attached hydrogen (secondary N) is 6. The standard InChI is InChI=1S/C84H94Cl2N6O22/c1-5-7-8-38-9-14-49(15-10-38)87-84(110)88-67(100)31-48-28-59(97)71(91-79(106)41(6-2)19-37(3)4)73(101)43-12-17-62(55(85)26-43)111-64-29-47-30-65(78(64)114-83-77(105)76(104)75(103)66(36-93)113-83)112-63-18-13-44(27-56(63)86)74(102)72-82(109)90-70(61(99)34-51-45-21-39-20-40(23-45)24-46(51)22-39)54-32-50(94)33-58(96)68(54)53-25-42(11-16-57(53)95)52(81(108)92-72)35-60(98)69(47)89-80(48)107/h9-18,25-27,29-30,32-33,37,39-41,45-46,48,51-52,66,69-77,83,93-96,101-105H,5-8,19-24,28,31,34-36H2,1-4H3,(H,89,107)(H,90,109)(H,91,106)(H,92,108)(H2,87,88,100,110)/t39?,40?,41-,45?,46?,48+,51?,52-,66-,69-,70+,71+,72+,73-,74-,75-,76+,77-,83+/m1/s1. The normalized spacial score (nSPS) is 28.2. The number of ketones is 3. The number of aliphatic hydroxyl groups excluding tert-OH is 6. The van der Waals surface area contributed by atoms with E-state index < -0.39 is 198 Å². The summed E-state index contributed by atoms with van der Waals surface area (Å²) in [6, 6.07) is 12.9. The molecule has 0 spiro atoms. The molecule has 114 heavy (non-hydrogen) atoms. The first-order valence-electron chi connectivity index (χ1n) is 38.8. The summed E-state index contributed by atoms with van der Waals surface area (Å²) in [5.74, 6) is -15.9. The molecule has 6 aliphatic heterocycles. The number of hydrogen-bond acceptors (Lipinski definition) is 22. The van der Waals surface area contributed by atoms with Crippen LogP contribution in [-0.4, -0.2) is 148 Å². The van der Waals surface area contributed by atoms with Crippen LogP contribution in [-0.2, 0) is 49.5 Å². The van der Waals surface area contributed by atoms with Crippen LogP contribution in [0.5, 0.6) is 46.0 Å². The van der Waals surface area contributed by atoms with Gasteiger partial charge in [-0.05, 0) is 193 Å². The number of halogens is 2. The number of carbonyl (C=O) groups is 9. The smallest absolute Gasteiger partial charge is 0.325 e. The van der Waals surface area contributed by atoms with Crippen molar-refractivity contribution >= 4 is 81.8 Å². The van der Waals surface area contributed by atoms with E-state index in [-0.39, 0.29) is 103 Å². The number of rotatable bonds is 17. The molecule has 15 N–H and O–H groups in total. The van der Waals surface area contributed by atoms with Crippen LogP contribution in [0.1, 0.15) is 175 Å². The van der Waals surface area contributed by atoms with E-state index in [1.165, 1.54) is 42.5 Å². The second-order valence-electron chi connectivity index (χ2n) is 31.8. The van der Waals surface area contributed by atoms with Crippen LogP contribution in [0.15, 0.2) is 103 Å². The fraction of sp³-hybridized carbons (Fsp3) is 0.464. The lowest BCUT2D eigenvalue weighted by atomic mass is 9.51. The zero-order valence-electron chi connectivity index (χ0n) is 63.1. The summed E-state index contributed by atoms with van der Waals surface area (Å²) in [6.45, 7) is 6.62. The summed E-state index contributed by atoms with van der Waals surface area (Å²) < 4.78 is 25.6. The van der Waals surface area contributed by atoms with Crippen molar-refractivity contribution < 1.29 is 108 Å². The molecule has 10 aliphatic rings. The van der Waals surface area contributed by atoms with Crippen molar-refractivity contribution in [3.05, 3.63) is 147 Å². The molecule has 15 bridgehead atoms. The number of ether oxygens (including phenoxy) is 4. The Labute approximate surface area is 666 Å². The maximum absolute atomic E-state index is 16.5. The first kappa shape index (κ1) is 82.2. The summed E-state index contributed by atoms with van der Waals surface area (Å²) in [4.78, 5) is 138. The van der Waals surface area contributed by atoms with E-state index in [1.54, 1.807) is 31.2 Å². The molecule has 4 saturated carbocycles. The minimum Gasteiger partial charge on any atom is -0.508 e. The Morgan fingerprint density at radius 2 is 1.28 bits per heavy atom. The van der Waals surface area contributed by atoms with Gasteiger partial charge in [-0.25, -0.2) is 4.79 Å². The van der Waals surface area contributed by atoms with Gasteiger partial charge in [0.25, 0.3) is 0 Å². The number of fused-ring (bicyclic) bond motifs is 15. The van der Waals surface area contributed by atoms with E-state index in [1.807, 2.05) is 20.8 Å². The highest BCUT2D eigenvalue weighted by Crippen LogP contribution is 2.58. The van der Waals surface area contributed by atoms with E-state index in [2.05, 4.69) is 31.9 Å². The molecule has 606 valence electrons. The molecule has 30 heteroatoms. The zero-order chi connectivity index (χ0) is 81.4. The van der Waals surface area contributed by atoms with Crippen molar-refractivity contribution in [1.82, 2.24) is 26.6 Å². The molecule has 6 aromatic rings. The Bertz CT molecular complexity index is 4680. The second kappa shape index (κ2) is 34.8. The average molecular weight is 1610 g/mol. The molecular weight excluding hydrogens is 1520 g/mol. The van der Waals surface area contributed by atoms with Gasteiger partial charge in [-0.3, -0.25) is 43.7 Å². The van der Waals surface area contributed by atoms with Gasteiger partial charge < -0.3 is 91.5 Å². The number of aliphatic hydroxyl groups is 6. The molecule has 28 nitrogen and oxygen atoms in total. The Balaban J connectivity index is 0.991. The predicted octanol–water partition coefficient (Wildman–Crippen LogP) is 9.44. The monoisotopic (exact) mass is 1610 g/mol. The molecule has 6 heterocycles. The van der Waals surface area contributed by atoms with Gasteiger partial charge in [-0.15, -0.1) is 0 Å². The average Bonchev–Trinajstić information content (AvgIpc) is 0.759. The molecule has 5 fully saturated rings. The summed E-state index contributed by atoms with van der Waals surface area (Å²) in [6.07, 6.45) is -9.16. The number of hydrogen-bond donors (Lipinski definition) is 15. The quantitative estimate of drug-likeness (QED) is 0.0404. The Hall–Kier alpha value is -9.75. The number of phenols is 3. The number of aromatic hydroxyl groups is 3. The van der Waals surface area contributed by atoms with Crippen LogP contribution in [0.3, 0.4) is 0 Å². The molecule has 6 aromatic carbocycles. The van der Waals surface area contributed by atoms with E-state index >= 15 is 28.8 Å². The van der Waals surface area contributed by atoms with Gasteiger partial charge in [-0.1, -0.05) is 87.6 Å². The van der Waals surface area contributed by atoms with Gasteiger partial charge in [0.15, 0.2) is 28.8 Å². The third kappa shape index (κ3) is 17.7. The van der Waals surface area contributed by atoms with Crippen molar-refractivity contribution in [3.63, 3.8) is 0 Å². The number of anilines is 1. The number of amides is 7. The minimum atomic E-state index is -2.21. The number of Topliss-reactive ketones (excluding diaryl/α,β-unsaturated/α-hetero) is 3. The van der Waals surface area contributed by atoms with Crippen LogP contribution in [0, 0.1) is 47.3 Å². The van der Waals surface area contributed by atoms with Crippen molar-refractivity contribution in [2.24, 2.45) is 47.3 Å². The van der Waals surface area contributed by atoms with Gasteiger partial charge in [0.2, 0.25) is 41.6 Å². The minimum absolute atomic E-state index is 0.0334. The Morgan fingerprint density at radius 3 is 1.89 bits per heavy atom. The van der Waals surface area contributed by atoms with Crippen molar-refractivity contribution in [2.45, 2.75) is 191 Å². The Kier molecular flexibility index (Phi) is 25.1. The van der Waals surface area contributed by atoms with Gasteiger partial charge in [0.05, 0.1) is 28.5 Å². The number of unbranched alkanes of at least 4 members (excludes halogenated alkanes) is 1. The van der Waals surface area contributed by atoms with Crippen LogP contribution in [0.4, 0.5) is 10.5 Å². The fourth-order valence-electron chi connectivity index (χ4n) is 17.7. The number of imide groups is 1. The number of carbonyl (C=O) groups excluding carboxylic acids is 9. The van der Waals surface area contributed by atoms with Gasteiger partial charge in [0.1, 0.15) is 89.5 Å². The maximum atomic E-state index is 16.5. The van der Waals surface area contributed by atoms with Crippen molar-refractivity contribution in [3.8, 4) is 57.1 Å². The molecule has 0 aromatic heterocycles. The topological polar surface area (TPSA) is 445 Å². The lowest BCUT2D eigenvalue weighted by Gasteiger charge is -2.54. The molecule has 16 rings (SSSR count). The van der Waals surface area contributed by atoms with Gasteiger partial charge in [0, 0.05) is 54.5 Å². The fourth-order valence-corrected chi connectivity index (χ4v) is 18.2. The van der Waals surface area contributed by atoms with E-state index in [0.29, 0.717) is 18.3 Å². The lowest BCUT2D eigenvalue weighted by Crippen LogP contribution is -2.60. The maximum Gasteiger partial charge on any atom is 0.325 e. The van der Waals surface area contributed by atoms with Crippen LogP contribution in [0.2, 0.25) is 10.0 Å². The largest absolute Gasteiger partial charge is 0.508 e. The molecule has 1 saturated heterocycles. The molecule has 14 atom stereocenters. The number of benzene rings is 6. The highest BCUT2D eigenvalue weighted by molar-refractivity contribution is 6.32. The van der Waals surface area contributed by atoms with Crippen LogP contribution < -0.4 is 46.1 Å². The molecule has 0 unspecified atom stereocenters. The Morgan fingerprint density at radius 1 is 0.640 bits per heavy atom. The first-order chi connectivity index (χ1) is 54.4. The van der Waals surface area contributed by atoms with Gasteiger partial charge in [-0.2, -0.15) is 0 Å². The zero-order valence-corrected chi connectivity index (χ0v) is 64.6. The van der Waals surface area contributed by atoms with Gasteiger partial charge >= 0.3 is 6.03 Å². The number of aryl methyl sites for hydroxylation is 1. The third-order valence-corrected chi connectivity index (χ3v) is 24.0. The summed E-state index contributed by atoms with van der Waals surface area (Å²) in [5.41, 5.74) is -0.315. The molecular formula is C84H94Cl2N6O22. The second-order valence-corrected chi connectivity index (χ2v) is 32.6. The third-order valence-electron chi connectivity index (χ3n) is 23.4. The number of urea groups is 1. The van der Waals surface area contributed by atoms with Crippen LogP contribution in [0.25, 0.3) is 11.1 Å². The highest BCUT2D eigenvalue weighted by atomic mass is 35.5. The summed E-state index contributed by atoms with van der Waals surface area (Å²) in [7, 11) is 0. The van der Waals surface area contributed by atoms with Crippen molar-refractivity contribution in [1.29, 1.82) is 0 Å². The lowest BCUT2D eigenvalue weighted by molar-refractivity contribution is -0.277. The van der Waals surface area contributed by atoms with E-state index in [4.69, 9.17) is 42.1 Å². The molecule has 7 amide bonds. The number of phenolic OH excluding ortho intramolecular Hbond substituents is 3. The highest BCUT2D eigenvalue weighted by Gasteiger charge is 2.51. The van der Waals surface area contributed by atoms with E-state index in [9.17, 15) is 60.3 Å². The van der Waals surface area contributed by atoms with E-state index in [0.717, 1.165) is 93.3 Å². The molecule has 0 radical (unpaired) electrons. The van der Waals surface area contributed by atoms with Crippen LogP contribution >= 0.6 is 23.2 Å².